The Bertz CT molecular complexity index is 2090. The minimum Gasteiger partial charge on any atom is -0.448 e. The molecule has 2 N–H and O–H groups in total. The molecular formula is C44H43Cl2FN4O3. The number of ether oxygens (including phenoxy) is 1. The monoisotopic (exact) mass is 764 g/mol. The Morgan fingerprint density at radius 1 is 0.796 bits per heavy atom. The van der Waals surface area contributed by atoms with Crippen LogP contribution in [0, 0.1) is 5.82 Å². The van der Waals surface area contributed by atoms with Crippen molar-refractivity contribution in [2.24, 2.45) is 5.73 Å². The maximum Gasteiger partial charge on any atom is 0.410 e. The zero-order valence-corrected chi connectivity index (χ0v) is 31.6. The van der Waals surface area contributed by atoms with Gasteiger partial charge in [0.15, 0.2) is 0 Å². The lowest BCUT2D eigenvalue weighted by atomic mass is 9.98. The fourth-order valence-corrected chi connectivity index (χ4v) is 8.21. The Kier molecular flexibility index (Phi) is 11.5. The first kappa shape index (κ1) is 37.4. The van der Waals surface area contributed by atoms with E-state index in [0.29, 0.717) is 54.6 Å². The van der Waals surface area contributed by atoms with Crippen molar-refractivity contribution in [2.45, 2.75) is 44.3 Å². The van der Waals surface area contributed by atoms with E-state index in [1.54, 1.807) is 41.3 Å². The fraction of sp³-hybridized carbons (Fsp3) is 0.273. The van der Waals surface area contributed by atoms with Gasteiger partial charge < -0.3 is 25.2 Å². The van der Waals surface area contributed by atoms with Gasteiger partial charge in [0, 0.05) is 59.4 Å². The molecule has 54 heavy (non-hydrogen) atoms. The van der Waals surface area contributed by atoms with Crippen LogP contribution in [0.4, 0.5) is 14.9 Å². The molecule has 278 valence electrons. The molecule has 0 aromatic heterocycles. The van der Waals surface area contributed by atoms with Gasteiger partial charge in [-0.25, -0.2) is 9.18 Å². The van der Waals surface area contributed by atoms with E-state index in [2.05, 4.69) is 41.3 Å². The number of anilines is 1. The summed E-state index contributed by atoms with van der Waals surface area (Å²) in [5, 5.41) is 1.02. The van der Waals surface area contributed by atoms with Gasteiger partial charge in [-0.05, 0) is 77.4 Å². The smallest absolute Gasteiger partial charge is 0.410 e. The zero-order valence-electron chi connectivity index (χ0n) is 30.1. The summed E-state index contributed by atoms with van der Waals surface area (Å²) in [7, 11) is 0. The van der Waals surface area contributed by atoms with Crippen LogP contribution in [0.25, 0.3) is 11.1 Å². The number of rotatable bonds is 11. The predicted molar refractivity (Wildman–Crippen MR) is 214 cm³/mol. The molecular weight excluding hydrogens is 722 g/mol. The fourth-order valence-electron chi connectivity index (χ4n) is 7.72. The number of amides is 2. The Morgan fingerprint density at radius 3 is 2.07 bits per heavy atom. The molecule has 1 aliphatic heterocycles. The molecule has 0 saturated carbocycles. The van der Waals surface area contributed by atoms with Gasteiger partial charge >= 0.3 is 6.09 Å². The van der Waals surface area contributed by atoms with Gasteiger partial charge in [-0.1, -0.05) is 114 Å². The molecule has 2 aliphatic rings. The van der Waals surface area contributed by atoms with Gasteiger partial charge in [0.1, 0.15) is 12.4 Å². The highest BCUT2D eigenvalue weighted by Crippen LogP contribution is 2.44. The molecule has 5 aromatic rings. The van der Waals surface area contributed by atoms with E-state index >= 15 is 4.39 Å². The molecule has 1 heterocycles. The average molecular weight is 766 g/mol. The summed E-state index contributed by atoms with van der Waals surface area (Å²) >= 11 is 12.4. The molecule has 5 aromatic carbocycles. The van der Waals surface area contributed by atoms with E-state index in [0.717, 1.165) is 39.1 Å². The largest absolute Gasteiger partial charge is 0.448 e. The van der Waals surface area contributed by atoms with E-state index < -0.39 is 12.1 Å². The number of nitrogens with zero attached hydrogens (tertiary/aromatic N) is 3. The van der Waals surface area contributed by atoms with Crippen molar-refractivity contribution in [2.75, 3.05) is 37.7 Å². The first-order valence-corrected chi connectivity index (χ1v) is 19.1. The van der Waals surface area contributed by atoms with Gasteiger partial charge in [-0.3, -0.25) is 4.79 Å². The van der Waals surface area contributed by atoms with Gasteiger partial charge in [0.2, 0.25) is 5.91 Å². The van der Waals surface area contributed by atoms with Crippen LogP contribution >= 0.6 is 23.2 Å². The number of hydrogen-bond donors (Lipinski definition) is 1. The Hall–Kier alpha value is -4.89. The number of para-hydroxylation sites is 1. The maximum absolute atomic E-state index is 15.0. The Balaban J connectivity index is 1.04. The summed E-state index contributed by atoms with van der Waals surface area (Å²) in [6, 6.07) is 35.3. The summed E-state index contributed by atoms with van der Waals surface area (Å²) in [5.74, 6) is -0.581. The molecule has 1 unspecified atom stereocenters. The number of carbonyl (C=O) groups excluding carboxylic acids is 2. The second-order valence-electron chi connectivity index (χ2n) is 14.1. The molecule has 0 radical (unpaired) electrons. The van der Waals surface area contributed by atoms with E-state index in [-0.39, 0.29) is 36.8 Å². The Morgan fingerprint density at radius 2 is 1.41 bits per heavy atom. The van der Waals surface area contributed by atoms with Gasteiger partial charge in [0.05, 0.1) is 12.6 Å². The quantitative estimate of drug-likeness (QED) is 0.146. The first-order chi connectivity index (χ1) is 26.2. The van der Waals surface area contributed by atoms with Crippen LogP contribution in [0.3, 0.4) is 0 Å². The van der Waals surface area contributed by atoms with Gasteiger partial charge in [-0.15, -0.1) is 0 Å². The minimum absolute atomic E-state index is 0.0644. The number of benzene rings is 5. The van der Waals surface area contributed by atoms with Crippen LogP contribution < -0.4 is 10.6 Å². The average Bonchev–Trinajstić information content (AvgIpc) is 3.51. The van der Waals surface area contributed by atoms with E-state index in [1.165, 1.54) is 6.07 Å². The molecule has 1 fully saturated rings. The molecule has 10 heteroatoms. The highest BCUT2D eigenvalue weighted by atomic mass is 35.5. The van der Waals surface area contributed by atoms with Gasteiger partial charge in [0.25, 0.3) is 0 Å². The van der Waals surface area contributed by atoms with Crippen molar-refractivity contribution in [3.05, 3.63) is 159 Å². The molecule has 1 aliphatic carbocycles. The number of hydrogen-bond acceptors (Lipinski definition) is 5. The topological polar surface area (TPSA) is 79.1 Å². The van der Waals surface area contributed by atoms with E-state index in [9.17, 15) is 9.59 Å². The highest BCUT2D eigenvalue weighted by molar-refractivity contribution is 6.35. The minimum atomic E-state index is -0.721. The lowest BCUT2D eigenvalue weighted by Gasteiger charge is -2.38. The molecule has 7 rings (SSSR count). The van der Waals surface area contributed by atoms with Crippen LogP contribution in [-0.4, -0.2) is 66.7 Å². The molecule has 1 saturated heterocycles. The third-order valence-electron chi connectivity index (χ3n) is 10.6. The summed E-state index contributed by atoms with van der Waals surface area (Å²) in [6.45, 7) is 4.49. The van der Waals surface area contributed by atoms with Gasteiger partial charge in [-0.2, -0.15) is 0 Å². The summed E-state index contributed by atoms with van der Waals surface area (Å²) in [6.07, 6.45) is 0.345. The third-order valence-corrected chi connectivity index (χ3v) is 11.2. The van der Waals surface area contributed by atoms with Crippen molar-refractivity contribution in [3.8, 4) is 11.1 Å². The molecule has 0 bridgehead atoms. The lowest BCUT2D eigenvalue weighted by Crippen LogP contribution is -2.54. The zero-order chi connectivity index (χ0) is 37.8. The molecule has 7 nitrogen and oxygen atoms in total. The summed E-state index contributed by atoms with van der Waals surface area (Å²) in [5.41, 5.74) is 14.2. The number of piperazine rings is 1. The lowest BCUT2D eigenvalue weighted by molar-refractivity contribution is -0.132. The highest BCUT2D eigenvalue weighted by Gasteiger charge is 2.32. The third kappa shape index (κ3) is 8.11. The second-order valence-corrected chi connectivity index (χ2v) is 14.9. The van der Waals surface area contributed by atoms with E-state index in [4.69, 9.17) is 33.7 Å². The van der Waals surface area contributed by atoms with Crippen molar-refractivity contribution >= 4 is 40.9 Å². The summed E-state index contributed by atoms with van der Waals surface area (Å²) < 4.78 is 21.1. The van der Waals surface area contributed by atoms with E-state index in [1.807, 2.05) is 48.2 Å². The summed E-state index contributed by atoms with van der Waals surface area (Å²) in [4.78, 5) is 33.1. The number of halogens is 3. The van der Waals surface area contributed by atoms with Crippen molar-refractivity contribution in [1.82, 2.24) is 9.80 Å². The van der Waals surface area contributed by atoms with Crippen molar-refractivity contribution < 1.29 is 18.7 Å². The number of fused-ring (bicyclic) bond motifs is 3. The van der Waals surface area contributed by atoms with Crippen molar-refractivity contribution in [3.63, 3.8) is 0 Å². The van der Waals surface area contributed by atoms with Crippen LogP contribution in [0.15, 0.2) is 115 Å². The second kappa shape index (κ2) is 16.6. The number of carbonyl (C=O) groups is 2. The SMILES string of the molecule is CC(Cc1ccccc1N1CCN(C(=O)[C@H](N)Cc2ccc(Cl)cc2Cl)CC1)N(Cc1ccccc1F)C(=O)OCC1c2ccccc2-c2ccccc21. The van der Waals surface area contributed by atoms with Crippen LogP contribution in [0.1, 0.15) is 40.7 Å². The van der Waals surface area contributed by atoms with Crippen LogP contribution in [0.5, 0.6) is 0 Å². The van der Waals surface area contributed by atoms with Crippen LogP contribution in [-0.2, 0) is 28.9 Å². The maximum atomic E-state index is 15.0. The normalized spacial score (nSPS) is 15.0. The predicted octanol–water partition coefficient (Wildman–Crippen LogP) is 8.73. The number of nitrogens with two attached hydrogens (primary N) is 1. The molecule has 2 amide bonds. The standard InChI is InChI=1S/C44H43Cl2FN4O3/c1-29(24-31-10-3-9-17-42(31)49-20-22-50(23-21-49)43(52)41(48)25-30-18-19-33(45)26-39(30)46)51(27-32-11-2-8-16-40(32)47)44(53)54-28-38-36-14-6-4-12-34(36)35-13-5-7-15-37(35)38/h2-19,26,29,38,41H,20-25,27-28,48H2,1H3/t29?,41-/m1/s1. The molecule has 2 atom stereocenters. The van der Waals surface area contributed by atoms with Crippen LogP contribution in [0.2, 0.25) is 10.0 Å². The Labute approximate surface area is 326 Å². The van der Waals surface area contributed by atoms with Crippen molar-refractivity contribution in [1.29, 1.82) is 0 Å². The first-order valence-electron chi connectivity index (χ1n) is 18.3. The molecule has 0 spiro atoms.